The molecule has 2 aromatic carbocycles. The van der Waals surface area contributed by atoms with Gasteiger partial charge in [0.2, 0.25) is 5.43 Å². The van der Waals surface area contributed by atoms with Crippen LogP contribution in [0.4, 0.5) is 0 Å². The minimum Gasteiger partial charge on any atom is -0.497 e. The molecule has 0 spiro atoms. The first-order chi connectivity index (χ1) is 11.6. The van der Waals surface area contributed by atoms with Gasteiger partial charge in [-0.2, -0.15) is 0 Å². The number of furan rings is 1. The number of aryl methyl sites for hydroxylation is 2. The second kappa shape index (κ2) is 5.27. The SMILES string of the molecule is COc1ccc2c(=O)c(-c3c(C)oc4ccccc34)c(C)oc2c1. The Morgan fingerprint density at radius 2 is 1.54 bits per heavy atom. The van der Waals surface area contributed by atoms with Crippen molar-refractivity contribution in [1.29, 1.82) is 0 Å². The van der Waals surface area contributed by atoms with Crippen molar-refractivity contribution < 1.29 is 13.6 Å². The Labute approximate surface area is 138 Å². The van der Waals surface area contributed by atoms with Gasteiger partial charge in [-0.25, -0.2) is 0 Å². The fourth-order valence-electron chi connectivity index (χ4n) is 3.18. The highest BCUT2D eigenvalue weighted by molar-refractivity contribution is 5.98. The lowest BCUT2D eigenvalue weighted by atomic mass is 9.99. The number of para-hydroxylation sites is 1. The van der Waals surface area contributed by atoms with Crippen molar-refractivity contribution in [2.45, 2.75) is 13.8 Å². The summed E-state index contributed by atoms with van der Waals surface area (Å²) in [5, 5.41) is 1.44. The summed E-state index contributed by atoms with van der Waals surface area (Å²) in [5.74, 6) is 1.93. The molecule has 4 nitrogen and oxygen atoms in total. The number of hydrogen-bond acceptors (Lipinski definition) is 4. The van der Waals surface area contributed by atoms with Crippen LogP contribution in [0.5, 0.6) is 5.75 Å². The van der Waals surface area contributed by atoms with Crippen molar-refractivity contribution in [2.75, 3.05) is 7.11 Å². The van der Waals surface area contributed by atoms with Crippen molar-refractivity contribution in [1.82, 2.24) is 0 Å². The molecule has 0 aliphatic rings. The maximum atomic E-state index is 13.1. The van der Waals surface area contributed by atoms with E-state index in [1.807, 2.05) is 31.2 Å². The molecular formula is C20H16O4. The van der Waals surface area contributed by atoms with Gasteiger partial charge in [-0.3, -0.25) is 4.79 Å². The van der Waals surface area contributed by atoms with Crippen LogP contribution in [0.3, 0.4) is 0 Å². The van der Waals surface area contributed by atoms with Gasteiger partial charge in [-0.1, -0.05) is 18.2 Å². The molecule has 0 saturated heterocycles. The van der Waals surface area contributed by atoms with E-state index < -0.39 is 0 Å². The van der Waals surface area contributed by atoms with Gasteiger partial charge in [0.05, 0.1) is 18.1 Å². The molecule has 0 atom stereocenters. The first-order valence-corrected chi connectivity index (χ1v) is 7.70. The lowest BCUT2D eigenvalue weighted by Crippen LogP contribution is -2.08. The zero-order valence-electron chi connectivity index (χ0n) is 13.7. The van der Waals surface area contributed by atoms with Gasteiger partial charge in [0.25, 0.3) is 0 Å². The third kappa shape index (κ3) is 2.03. The average molecular weight is 320 g/mol. The van der Waals surface area contributed by atoms with E-state index in [0.717, 1.165) is 16.5 Å². The summed E-state index contributed by atoms with van der Waals surface area (Å²) in [7, 11) is 1.58. The molecule has 120 valence electrons. The molecule has 0 unspecified atom stereocenters. The molecule has 0 saturated carbocycles. The van der Waals surface area contributed by atoms with E-state index in [2.05, 4.69) is 0 Å². The maximum absolute atomic E-state index is 13.1. The highest BCUT2D eigenvalue weighted by Crippen LogP contribution is 2.35. The Kier molecular flexibility index (Phi) is 3.20. The summed E-state index contributed by atoms with van der Waals surface area (Å²) in [4.78, 5) is 13.1. The van der Waals surface area contributed by atoms with Gasteiger partial charge in [0.15, 0.2) is 0 Å². The molecule has 0 radical (unpaired) electrons. The Morgan fingerprint density at radius 3 is 2.33 bits per heavy atom. The van der Waals surface area contributed by atoms with Gasteiger partial charge in [-0.05, 0) is 32.0 Å². The Hall–Kier alpha value is -3.01. The van der Waals surface area contributed by atoms with E-state index >= 15 is 0 Å². The highest BCUT2D eigenvalue weighted by Gasteiger charge is 2.20. The van der Waals surface area contributed by atoms with Crippen molar-refractivity contribution in [3.05, 3.63) is 64.2 Å². The van der Waals surface area contributed by atoms with Crippen LogP contribution in [0, 0.1) is 13.8 Å². The van der Waals surface area contributed by atoms with E-state index in [1.54, 1.807) is 32.2 Å². The van der Waals surface area contributed by atoms with Crippen LogP contribution >= 0.6 is 0 Å². The minimum atomic E-state index is -0.0638. The monoisotopic (exact) mass is 320 g/mol. The molecular weight excluding hydrogens is 304 g/mol. The molecule has 4 heteroatoms. The smallest absolute Gasteiger partial charge is 0.200 e. The van der Waals surface area contributed by atoms with Crippen LogP contribution in [0.25, 0.3) is 33.1 Å². The lowest BCUT2D eigenvalue weighted by Gasteiger charge is -2.08. The number of fused-ring (bicyclic) bond motifs is 2. The van der Waals surface area contributed by atoms with Crippen LogP contribution in [0.2, 0.25) is 0 Å². The lowest BCUT2D eigenvalue weighted by molar-refractivity contribution is 0.414. The van der Waals surface area contributed by atoms with Crippen LogP contribution in [-0.2, 0) is 0 Å². The molecule has 2 aromatic heterocycles. The average Bonchev–Trinajstić information content (AvgIpc) is 2.90. The largest absolute Gasteiger partial charge is 0.497 e. The van der Waals surface area contributed by atoms with Gasteiger partial charge >= 0.3 is 0 Å². The summed E-state index contributed by atoms with van der Waals surface area (Å²) in [6.45, 7) is 3.67. The fraction of sp³-hybridized carbons (Fsp3) is 0.150. The summed E-state index contributed by atoms with van der Waals surface area (Å²) >= 11 is 0. The third-order valence-corrected chi connectivity index (χ3v) is 4.30. The normalized spacial score (nSPS) is 11.3. The van der Waals surface area contributed by atoms with E-state index in [0.29, 0.717) is 33.8 Å². The fourth-order valence-corrected chi connectivity index (χ4v) is 3.18. The van der Waals surface area contributed by atoms with E-state index in [9.17, 15) is 4.79 Å². The zero-order chi connectivity index (χ0) is 16.8. The van der Waals surface area contributed by atoms with Crippen LogP contribution < -0.4 is 10.2 Å². The van der Waals surface area contributed by atoms with Crippen LogP contribution in [0.15, 0.2) is 56.1 Å². The summed E-state index contributed by atoms with van der Waals surface area (Å²) in [5.41, 5.74) is 2.57. The third-order valence-electron chi connectivity index (χ3n) is 4.30. The first kappa shape index (κ1) is 14.6. The molecule has 0 aliphatic carbocycles. The maximum Gasteiger partial charge on any atom is 0.200 e. The Morgan fingerprint density at radius 1 is 0.833 bits per heavy atom. The van der Waals surface area contributed by atoms with Gasteiger partial charge < -0.3 is 13.6 Å². The predicted octanol–water partition coefficient (Wildman–Crippen LogP) is 4.83. The molecule has 0 amide bonds. The predicted molar refractivity (Wildman–Crippen MR) is 93.7 cm³/mol. The molecule has 24 heavy (non-hydrogen) atoms. The molecule has 4 rings (SSSR count). The van der Waals surface area contributed by atoms with Crippen molar-refractivity contribution in [3.63, 3.8) is 0 Å². The minimum absolute atomic E-state index is 0.0638. The number of methoxy groups -OCH3 is 1. The standard InChI is InChI=1S/C20H16O4/c1-11-18(14-6-4-5-7-16(14)23-11)19-12(2)24-17-10-13(22-3)8-9-15(17)20(19)21/h4-10H,1-3H3. The second-order valence-corrected chi connectivity index (χ2v) is 5.75. The van der Waals surface area contributed by atoms with Gasteiger partial charge in [-0.15, -0.1) is 0 Å². The zero-order valence-corrected chi connectivity index (χ0v) is 13.7. The molecule has 0 N–H and O–H groups in total. The first-order valence-electron chi connectivity index (χ1n) is 7.70. The number of rotatable bonds is 2. The Bertz CT molecular complexity index is 1130. The molecule has 0 aliphatic heterocycles. The summed E-state index contributed by atoms with van der Waals surface area (Å²) in [6, 6.07) is 12.9. The van der Waals surface area contributed by atoms with Crippen LogP contribution in [0.1, 0.15) is 11.5 Å². The molecule has 2 heterocycles. The molecule has 0 fully saturated rings. The van der Waals surface area contributed by atoms with Gasteiger partial charge in [0, 0.05) is 17.0 Å². The highest BCUT2D eigenvalue weighted by atomic mass is 16.5. The van der Waals surface area contributed by atoms with Crippen LogP contribution in [-0.4, -0.2) is 7.11 Å². The van der Waals surface area contributed by atoms with Gasteiger partial charge in [0.1, 0.15) is 28.4 Å². The summed E-state index contributed by atoms with van der Waals surface area (Å²) in [6.07, 6.45) is 0. The quantitative estimate of drug-likeness (QED) is 0.531. The number of benzene rings is 2. The molecule has 0 bridgehead atoms. The van der Waals surface area contributed by atoms with E-state index in [4.69, 9.17) is 13.6 Å². The topological polar surface area (TPSA) is 52.6 Å². The van der Waals surface area contributed by atoms with Crippen molar-refractivity contribution in [3.8, 4) is 16.9 Å². The molecule has 4 aromatic rings. The van der Waals surface area contributed by atoms with Crippen molar-refractivity contribution >= 4 is 21.9 Å². The number of ether oxygens (including phenoxy) is 1. The Balaban J connectivity index is 2.10. The summed E-state index contributed by atoms with van der Waals surface area (Å²) < 4.78 is 16.9. The van der Waals surface area contributed by atoms with Crippen molar-refractivity contribution in [2.24, 2.45) is 0 Å². The van der Waals surface area contributed by atoms with E-state index in [1.165, 1.54) is 0 Å². The number of hydrogen-bond donors (Lipinski definition) is 0. The second-order valence-electron chi connectivity index (χ2n) is 5.75. The van der Waals surface area contributed by atoms with E-state index in [-0.39, 0.29) is 5.43 Å².